The van der Waals surface area contributed by atoms with Gasteiger partial charge in [0, 0.05) is 17.4 Å². The molecule has 1 aliphatic carbocycles. The van der Waals surface area contributed by atoms with Gasteiger partial charge in [-0.2, -0.15) is 0 Å². The molecule has 2 atom stereocenters. The molecule has 1 amide bonds. The number of carbonyl (C=O) groups is 2. The van der Waals surface area contributed by atoms with E-state index in [0.717, 1.165) is 27.2 Å². The summed E-state index contributed by atoms with van der Waals surface area (Å²) < 4.78 is 5.52. The minimum Gasteiger partial charge on any atom is -0.480 e. The van der Waals surface area contributed by atoms with E-state index in [9.17, 15) is 14.7 Å². The number of hydrogen-bond donors (Lipinski definition) is 1. The number of ether oxygens (including phenoxy) is 1. The molecule has 28 heavy (non-hydrogen) atoms. The van der Waals surface area contributed by atoms with E-state index in [1.54, 1.807) is 0 Å². The summed E-state index contributed by atoms with van der Waals surface area (Å²) in [5.41, 5.74) is 13.0. The van der Waals surface area contributed by atoms with Gasteiger partial charge in [-0.3, -0.25) is 4.90 Å². The van der Waals surface area contributed by atoms with Crippen molar-refractivity contribution in [2.24, 2.45) is 5.11 Å². The van der Waals surface area contributed by atoms with Crippen LogP contribution in [0.1, 0.15) is 23.5 Å². The molecule has 0 spiro atoms. The van der Waals surface area contributed by atoms with Gasteiger partial charge in [-0.25, -0.2) is 9.59 Å². The summed E-state index contributed by atoms with van der Waals surface area (Å²) in [7, 11) is 0. The first-order valence-corrected chi connectivity index (χ1v) is 9.00. The van der Waals surface area contributed by atoms with E-state index in [1.165, 1.54) is 0 Å². The molecule has 1 saturated heterocycles. The number of likely N-dealkylation sites (tertiary alicyclic amines) is 1. The normalized spacial score (nSPS) is 20.2. The predicted octanol–water partition coefficient (Wildman–Crippen LogP) is 3.77. The number of benzene rings is 2. The number of rotatable bonds is 4. The van der Waals surface area contributed by atoms with Crippen molar-refractivity contribution in [1.82, 2.24) is 4.90 Å². The first-order valence-electron chi connectivity index (χ1n) is 9.00. The largest absolute Gasteiger partial charge is 0.480 e. The van der Waals surface area contributed by atoms with E-state index in [-0.39, 0.29) is 19.1 Å². The molecule has 1 N–H and O–H groups in total. The number of carboxylic acids is 1. The van der Waals surface area contributed by atoms with Crippen molar-refractivity contribution in [1.29, 1.82) is 0 Å². The van der Waals surface area contributed by atoms with E-state index >= 15 is 0 Å². The molecule has 2 aromatic carbocycles. The first kappa shape index (κ1) is 17.9. The smallest absolute Gasteiger partial charge is 0.410 e. The van der Waals surface area contributed by atoms with Gasteiger partial charge < -0.3 is 9.84 Å². The van der Waals surface area contributed by atoms with E-state index in [4.69, 9.17) is 10.3 Å². The summed E-state index contributed by atoms with van der Waals surface area (Å²) in [4.78, 5) is 28.0. The van der Waals surface area contributed by atoms with Gasteiger partial charge in [0.25, 0.3) is 0 Å². The Morgan fingerprint density at radius 3 is 2.32 bits per heavy atom. The summed E-state index contributed by atoms with van der Waals surface area (Å²) in [5.74, 6) is -1.31. The van der Waals surface area contributed by atoms with Crippen LogP contribution < -0.4 is 0 Å². The lowest BCUT2D eigenvalue weighted by Gasteiger charge is -2.23. The Hall–Kier alpha value is -3.51. The average Bonchev–Trinajstić information content (AvgIpc) is 3.26. The minimum atomic E-state index is -1.21. The summed E-state index contributed by atoms with van der Waals surface area (Å²) in [6, 6.07) is 14.0. The van der Waals surface area contributed by atoms with Crippen LogP contribution >= 0.6 is 0 Å². The molecule has 4 rings (SSSR count). The number of hydrogen-bond acceptors (Lipinski definition) is 4. The highest BCUT2D eigenvalue weighted by Gasteiger charge is 2.42. The third kappa shape index (κ3) is 2.93. The first-order chi connectivity index (χ1) is 13.6. The van der Waals surface area contributed by atoms with E-state index in [1.807, 2.05) is 48.5 Å². The molecule has 8 nitrogen and oxygen atoms in total. The molecule has 1 aliphatic heterocycles. The van der Waals surface area contributed by atoms with Gasteiger partial charge in [0.15, 0.2) is 0 Å². The van der Waals surface area contributed by atoms with Crippen LogP contribution in [0.25, 0.3) is 21.6 Å². The van der Waals surface area contributed by atoms with Crippen molar-refractivity contribution in [3.05, 3.63) is 70.1 Å². The lowest BCUT2D eigenvalue weighted by molar-refractivity contribution is -0.142. The van der Waals surface area contributed by atoms with Crippen LogP contribution in [0.15, 0.2) is 53.6 Å². The number of amides is 1. The van der Waals surface area contributed by atoms with Crippen LogP contribution in [-0.2, 0) is 9.53 Å². The van der Waals surface area contributed by atoms with Crippen molar-refractivity contribution < 1.29 is 19.4 Å². The van der Waals surface area contributed by atoms with Crippen LogP contribution in [0.2, 0.25) is 0 Å². The van der Waals surface area contributed by atoms with Crippen LogP contribution in [0, 0.1) is 0 Å². The standard InChI is InChI=1S/C20H18N4O4/c21-23-22-17-9-10-24(18(17)19(25)26)20(27)28-11-16-14-7-3-1-5-12(14)13-6-2-4-8-15(13)16/h1-8,16-18H,9-11H2,(H,25,26). The van der Waals surface area contributed by atoms with Crippen molar-refractivity contribution in [2.75, 3.05) is 13.2 Å². The highest BCUT2D eigenvalue weighted by molar-refractivity contribution is 5.82. The molecule has 1 fully saturated rings. The lowest BCUT2D eigenvalue weighted by Crippen LogP contribution is -2.45. The second-order valence-corrected chi connectivity index (χ2v) is 6.84. The second-order valence-electron chi connectivity index (χ2n) is 6.84. The van der Waals surface area contributed by atoms with Crippen LogP contribution in [-0.4, -0.2) is 47.3 Å². The topological polar surface area (TPSA) is 116 Å². The quantitative estimate of drug-likeness (QED) is 0.495. The molecular formula is C20H18N4O4. The Morgan fingerprint density at radius 2 is 1.75 bits per heavy atom. The second kappa shape index (κ2) is 7.25. The fraction of sp³-hybridized carbons (Fsp3) is 0.300. The van der Waals surface area contributed by atoms with Crippen LogP contribution in [0.4, 0.5) is 4.79 Å². The van der Waals surface area contributed by atoms with Gasteiger partial charge in [-0.1, -0.05) is 53.6 Å². The molecule has 2 aromatic rings. The number of fused-ring (bicyclic) bond motifs is 3. The zero-order valence-electron chi connectivity index (χ0n) is 14.9. The molecule has 2 unspecified atom stereocenters. The van der Waals surface area contributed by atoms with Crippen LogP contribution in [0.5, 0.6) is 0 Å². The van der Waals surface area contributed by atoms with Crippen molar-refractivity contribution in [3.63, 3.8) is 0 Å². The molecular weight excluding hydrogens is 360 g/mol. The Kier molecular flexibility index (Phi) is 4.63. The van der Waals surface area contributed by atoms with Gasteiger partial charge in [-0.05, 0) is 34.2 Å². The molecule has 0 aromatic heterocycles. The molecule has 0 saturated carbocycles. The zero-order chi connectivity index (χ0) is 19.7. The third-order valence-electron chi connectivity index (χ3n) is 5.39. The highest BCUT2D eigenvalue weighted by atomic mass is 16.6. The number of azide groups is 1. The highest BCUT2D eigenvalue weighted by Crippen LogP contribution is 2.44. The van der Waals surface area contributed by atoms with Crippen molar-refractivity contribution in [2.45, 2.75) is 24.4 Å². The molecule has 8 heteroatoms. The molecule has 0 bridgehead atoms. The van der Waals surface area contributed by atoms with E-state index in [2.05, 4.69) is 10.0 Å². The maximum atomic E-state index is 12.6. The minimum absolute atomic E-state index is 0.102. The lowest BCUT2D eigenvalue weighted by atomic mass is 9.98. The maximum Gasteiger partial charge on any atom is 0.410 e. The summed E-state index contributed by atoms with van der Waals surface area (Å²) in [6.45, 7) is 0.291. The van der Waals surface area contributed by atoms with Crippen LogP contribution in [0.3, 0.4) is 0 Å². The van der Waals surface area contributed by atoms with Gasteiger partial charge >= 0.3 is 12.1 Å². The van der Waals surface area contributed by atoms with Gasteiger partial charge in [-0.15, -0.1) is 0 Å². The van der Waals surface area contributed by atoms with Crippen molar-refractivity contribution in [3.8, 4) is 11.1 Å². The Labute approximate surface area is 161 Å². The number of nitrogens with zero attached hydrogens (tertiary/aromatic N) is 4. The summed E-state index contributed by atoms with van der Waals surface area (Å²) in [5, 5.41) is 12.9. The molecule has 142 valence electrons. The number of aliphatic carboxylic acids is 1. The summed E-state index contributed by atoms with van der Waals surface area (Å²) >= 11 is 0. The monoisotopic (exact) mass is 378 g/mol. The fourth-order valence-electron chi connectivity index (χ4n) is 4.14. The SMILES string of the molecule is [N-]=[N+]=NC1CCN(C(=O)OCC2c3ccccc3-c3ccccc32)C1C(=O)O. The number of carboxylic acid groups (broad SMARTS) is 1. The van der Waals surface area contributed by atoms with Gasteiger partial charge in [0.2, 0.25) is 0 Å². The molecule has 1 heterocycles. The molecule has 0 radical (unpaired) electrons. The Balaban J connectivity index is 1.53. The van der Waals surface area contributed by atoms with Crippen molar-refractivity contribution >= 4 is 12.1 Å². The van der Waals surface area contributed by atoms with Gasteiger partial charge in [0.05, 0.1) is 6.04 Å². The summed E-state index contributed by atoms with van der Waals surface area (Å²) in [6.07, 6.45) is -0.407. The maximum absolute atomic E-state index is 12.6. The van der Waals surface area contributed by atoms with Gasteiger partial charge in [0.1, 0.15) is 12.6 Å². The fourth-order valence-corrected chi connectivity index (χ4v) is 4.14. The Bertz CT molecular complexity index is 940. The Morgan fingerprint density at radius 1 is 1.14 bits per heavy atom. The third-order valence-corrected chi connectivity index (χ3v) is 5.39. The zero-order valence-corrected chi connectivity index (χ0v) is 14.9. The predicted molar refractivity (Wildman–Crippen MR) is 101 cm³/mol. The average molecular weight is 378 g/mol. The van der Waals surface area contributed by atoms with E-state index < -0.39 is 24.1 Å². The van der Waals surface area contributed by atoms with E-state index in [0.29, 0.717) is 6.42 Å². The molecule has 2 aliphatic rings. The number of carbonyl (C=O) groups excluding carboxylic acids is 1.